The molecule has 0 aliphatic heterocycles. The number of rotatable bonds is 3. The van der Waals surface area contributed by atoms with E-state index in [0.717, 1.165) is 0 Å². The fraction of sp³-hybridized carbons (Fsp3) is 0.154. The van der Waals surface area contributed by atoms with Crippen LogP contribution in [0.4, 0.5) is 15.9 Å². The summed E-state index contributed by atoms with van der Waals surface area (Å²) in [4.78, 5) is 8.07. The summed E-state index contributed by atoms with van der Waals surface area (Å²) in [6, 6.07) is 4.40. The van der Waals surface area contributed by atoms with Crippen molar-refractivity contribution in [2.24, 2.45) is 0 Å². The molecule has 0 atom stereocenters. The molecule has 0 amide bonds. The van der Waals surface area contributed by atoms with Crippen LogP contribution >= 0.6 is 11.6 Å². The third-order valence-electron chi connectivity index (χ3n) is 3.03. The van der Waals surface area contributed by atoms with Crippen molar-refractivity contribution in [1.82, 2.24) is 19.6 Å². The van der Waals surface area contributed by atoms with Crippen molar-refractivity contribution < 1.29 is 9.13 Å². The Balaban J connectivity index is 2.13. The summed E-state index contributed by atoms with van der Waals surface area (Å²) in [6.07, 6.45) is 1.35. The smallest absolute Gasteiger partial charge is 0.255 e. The van der Waals surface area contributed by atoms with Gasteiger partial charge in [0.05, 0.1) is 12.8 Å². The predicted molar refractivity (Wildman–Crippen MR) is 76.8 cm³/mol. The minimum Gasteiger partial charge on any atom is -0.497 e. The average Bonchev–Trinajstić information content (AvgIpc) is 2.93. The molecule has 0 saturated carbocycles. The minimum absolute atomic E-state index is 0.247. The van der Waals surface area contributed by atoms with Crippen molar-refractivity contribution in [3.8, 4) is 5.75 Å². The minimum atomic E-state index is -0.420. The largest absolute Gasteiger partial charge is 0.497 e. The lowest BCUT2D eigenvalue weighted by molar-refractivity contribution is 0.414. The van der Waals surface area contributed by atoms with E-state index >= 15 is 0 Å². The van der Waals surface area contributed by atoms with Crippen molar-refractivity contribution in [3.63, 3.8) is 0 Å². The maximum Gasteiger partial charge on any atom is 0.255 e. The molecule has 3 rings (SSSR count). The molecule has 0 saturated heterocycles. The van der Waals surface area contributed by atoms with E-state index < -0.39 is 5.82 Å². The maximum absolute atomic E-state index is 13.9. The van der Waals surface area contributed by atoms with Crippen molar-refractivity contribution in [3.05, 3.63) is 41.1 Å². The van der Waals surface area contributed by atoms with Crippen LogP contribution in [-0.2, 0) is 0 Å². The lowest BCUT2D eigenvalue weighted by Crippen LogP contribution is -2.06. The van der Waals surface area contributed by atoms with Gasteiger partial charge in [0, 0.05) is 11.6 Å². The molecule has 21 heavy (non-hydrogen) atoms. The molecular weight excluding hydrogens is 297 g/mol. The molecule has 6 nitrogen and oxygen atoms in total. The summed E-state index contributed by atoms with van der Waals surface area (Å²) in [5.74, 6) is 0.939. The van der Waals surface area contributed by atoms with E-state index in [9.17, 15) is 4.39 Å². The third kappa shape index (κ3) is 2.36. The molecular formula is C13H11ClFN5O. The fourth-order valence-electron chi connectivity index (χ4n) is 1.90. The Labute approximate surface area is 124 Å². The number of anilines is 2. The predicted octanol–water partition coefficient (Wildman–Crippen LogP) is 2.98. The fourth-order valence-corrected chi connectivity index (χ4v) is 2.06. The molecule has 0 spiro atoms. The Hall–Kier alpha value is -2.41. The molecule has 0 aliphatic carbocycles. The van der Waals surface area contributed by atoms with Gasteiger partial charge in [-0.25, -0.2) is 4.39 Å². The van der Waals surface area contributed by atoms with Gasteiger partial charge in [-0.3, -0.25) is 0 Å². The molecule has 8 heteroatoms. The van der Waals surface area contributed by atoms with Crippen molar-refractivity contribution in [2.75, 3.05) is 12.4 Å². The van der Waals surface area contributed by atoms with Gasteiger partial charge in [-0.15, -0.1) is 0 Å². The molecule has 1 aromatic carbocycles. The highest BCUT2D eigenvalue weighted by Gasteiger charge is 2.14. The number of halogens is 2. The molecule has 0 aliphatic rings. The number of hydrogen-bond donors (Lipinski definition) is 1. The lowest BCUT2D eigenvalue weighted by atomic mass is 10.2. The van der Waals surface area contributed by atoms with Crippen LogP contribution in [0.5, 0.6) is 5.75 Å². The zero-order chi connectivity index (χ0) is 15.0. The van der Waals surface area contributed by atoms with Crippen LogP contribution in [0.3, 0.4) is 0 Å². The number of fused-ring (bicyclic) bond motifs is 1. The Bertz CT molecular complexity index is 820. The molecule has 0 unspecified atom stereocenters. The standard InChI is InChI=1S/C13H11ClFN5O/c1-7-11(14)19-13-16-6-17-20(13)12(7)18-10-5-8(21-2)3-4-9(10)15/h3-6,18H,1-2H3. The molecule has 1 N–H and O–H groups in total. The molecule has 3 aromatic rings. The first kappa shape index (κ1) is 13.6. The van der Waals surface area contributed by atoms with E-state index in [0.29, 0.717) is 22.9 Å². The second kappa shape index (κ2) is 5.17. The summed E-state index contributed by atoms with van der Waals surface area (Å²) in [6.45, 7) is 1.76. The molecule has 0 fully saturated rings. The number of aromatic nitrogens is 4. The van der Waals surface area contributed by atoms with E-state index in [1.807, 2.05) is 0 Å². The number of hydrogen-bond acceptors (Lipinski definition) is 5. The Morgan fingerprint density at radius 1 is 1.38 bits per heavy atom. The topological polar surface area (TPSA) is 64.3 Å². The third-order valence-corrected chi connectivity index (χ3v) is 3.40. The van der Waals surface area contributed by atoms with Crippen LogP contribution in [0.15, 0.2) is 24.5 Å². The van der Waals surface area contributed by atoms with Crippen LogP contribution in [0.1, 0.15) is 5.56 Å². The van der Waals surface area contributed by atoms with Gasteiger partial charge in [0.15, 0.2) is 0 Å². The van der Waals surface area contributed by atoms with E-state index in [2.05, 4.69) is 20.4 Å². The quantitative estimate of drug-likeness (QED) is 0.754. The second-order valence-electron chi connectivity index (χ2n) is 4.32. The van der Waals surface area contributed by atoms with Gasteiger partial charge in [0.2, 0.25) is 0 Å². The van der Waals surface area contributed by atoms with E-state index in [-0.39, 0.29) is 10.8 Å². The first-order valence-electron chi connectivity index (χ1n) is 6.06. The lowest BCUT2D eigenvalue weighted by Gasteiger charge is -2.13. The van der Waals surface area contributed by atoms with Crippen LogP contribution in [0, 0.1) is 12.7 Å². The molecule has 2 heterocycles. The average molecular weight is 308 g/mol. The summed E-state index contributed by atoms with van der Waals surface area (Å²) >= 11 is 6.06. The highest BCUT2D eigenvalue weighted by Crippen LogP contribution is 2.28. The van der Waals surface area contributed by atoms with Crippen molar-refractivity contribution >= 4 is 28.9 Å². The number of nitrogens with zero attached hydrogens (tertiary/aromatic N) is 4. The molecule has 2 aromatic heterocycles. The zero-order valence-electron chi connectivity index (χ0n) is 11.3. The van der Waals surface area contributed by atoms with Gasteiger partial charge in [0.1, 0.15) is 28.9 Å². The van der Waals surface area contributed by atoms with Crippen molar-refractivity contribution in [2.45, 2.75) is 6.92 Å². The van der Waals surface area contributed by atoms with E-state index in [1.165, 1.54) is 30.1 Å². The monoisotopic (exact) mass is 307 g/mol. The normalized spacial score (nSPS) is 10.9. The summed E-state index contributed by atoms with van der Waals surface area (Å²) in [7, 11) is 1.52. The van der Waals surface area contributed by atoms with Crippen LogP contribution in [-0.4, -0.2) is 26.7 Å². The Morgan fingerprint density at radius 3 is 2.95 bits per heavy atom. The Kier molecular flexibility index (Phi) is 3.34. The first-order chi connectivity index (χ1) is 10.1. The summed E-state index contributed by atoms with van der Waals surface area (Å²) < 4.78 is 20.5. The van der Waals surface area contributed by atoms with E-state index in [1.54, 1.807) is 13.0 Å². The molecule has 0 radical (unpaired) electrons. The number of nitrogens with one attached hydrogen (secondary N) is 1. The van der Waals surface area contributed by atoms with Gasteiger partial charge in [-0.05, 0) is 19.1 Å². The van der Waals surface area contributed by atoms with Crippen LogP contribution in [0.2, 0.25) is 5.15 Å². The number of methoxy groups -OCH3 is 1. The molecule has 108 valence electrons. The highest BCUT2D eigenvalue weighted by atomic mass is 35.5. The van der Waals surface area contributed by atoms with Gasteiger partial charge >= 0.3 is 0 Å². The van der Waals surface area contributed by atoms with Crippen LogP contribution < -0.4 is 10.1 Å². The first-order valence-corrected chi connectivity index (χ1v) is 6.44. The second-order valence-corrected chi connectivity index (χ2v) is 4.68. The van der Waals surface area contributed by atoms with Gasteiger partial charge in [-0.2, -0.15) is 19.6 Å². The van der Waals surface area contributed by atoms with Gasteiger partial charge in [0.25, 0.3) is 5.78 Å². The summed E-state index contributed by atoms with van der Waals surface area (Å²) in [5, 5.41) is 7.30. The van der Waals surface area contributed by atoms with Gasteiger partial charge < -0.3 is 10.1 Å². The maximum atomic E-state index is 13.9. The zero-order valence-corrected chi connectivity index (χ0v) is 12.0. The number of benzene rings is 1. The molecule has 0 bridgehead atoms. The highest BCUT2D eigenvalue weighted by molar-refractivity contribution is 6.30. The van der Waals surface area contributed by atoms with Crippen LogP contribution in [0.25, 0.3) is 5.78 Å². The van der Waals surface area contributed by atoms with Gasteiger partial charge in [-0.1, -0.05) is 11.6 Å². The SMILES string of the molecule is COc1ccc(F)c(Nc2c(C)c(Cl)nc3ncnn23)c1. The van der Waals surface area contributed by atoms with Crippen molar-refractivity contribution in [1.29, 1.82) is 0 Å². The number of ether oxygens (including phenoxy) is 1. The summed E-state index contributed by atoms with van der Waals surface area (Å²) in [5.41, 5.74) is 0.883. The van der Waals surface area contributed by atoms with E-state index in [4.69, 9.17) is 16.3 Å². The Morgan fingerprint density at radius 2 is 2.19 bits per heavy atom.